The molecule has 1 aromatic heterocycles. The lowest BCUT2D eigenvalue weighted by molar-refractivity contribution is -0.142. The smallest absolute Gasteiger partial charge is 0.305 e. The minimum absolute atomic E-state index is 0.0301. The molecule has 0 aliphatic rings. The number of carbonyl (C=O) groups is 13. The highest BCUT2D eigenvalue weighted by Crippen LogP contribution is 2.30. The Bertz CT molecular complexity index is 4190. The number of aliphatic carboxylic acids is 1. The van der Waals surface area contributed by atoms with Gasteiger partial charge in [0.1, 0.15) is 64.7 Å². The Kier molecular flexibility index (Phi) is 36.6. The number of aryl methyl sites for hydroxylation is 2. The molecule has 1 unspecified atom stereocenters. The van der Waals surface area contributed by atoms with Crippen LogP contribution in [0, 0.1) is 17.6 Å². The van der Waals surface area contributed by atoms with E-state index in [1.54, 1.807) is 76.2 Å². The zero-order valence-electron chi connectivity index (χ0n) is 67.2. The van der Waals surface area contributed by atoms with E-state index in [4.69, 9.17) is 21.9 Å². The Morgan fingerprint density at radius 2 is 1.26 bits per heavy atom. The molecular formula is C80H112F2N16O18. The third kappa shape index (κ3) is 28.3. The number of halogens is 2. The average Bonchev–Trinajstić information content (AvgIpc) is 0.861. The molecule has 12 atom stereocenters. The first-order chi connectivity index (χ1) is 54.6. The van der Waals surface area contributed by atoms with Crippen LogP contribution < -0.4 is 75.1 Å². The van der Waals surface area contributed by atoms with Crippen molar-refractivity contribution in [1.29, 1.82) is 0 Å². The van der Waals surface area contributed by atoms with Gasteiger partial charge in [-0.2, -0.15) is 0 Å². The topological polar surface area (TPSA) is 542 Å². The van der Waals surface area contributed by atoms with Crippen LogP contribution in [0.4, 0.5) is 8.78 Å². The molecule has 0 aliphatic carbocycles. The number of aromatic amines is 1. The van der Waals surface area contributed by atoms with Crippen LogP contribution >= 0.6 is 0 Å². The van der Waals surface area contributed by atoms with Crippen molar-refractivity contribution in [2.45, 2.75) is 217 Å². The van der Waals surface area contributed by atoms with Gasteiger partial charge in [0.05, 0.1) is 56.8 Å². The molecule has 0 spiro atoms. The van der Waals surface area contributed by atoms with E-state index in [0.717, 1.165) is 61.2 Å². The minimum atomic E-state index is -2.66. The number of ether oxygens (including phenoxy) is 1. The predicted molar refractivity (Wildman–Crippen MR) is 422 cm³/mol. The van der Waals surface area contributed by atoms with E-state index >= 15 is 8.78 Å². The number of benzene rings is 4. The largest absolute Gasteiger partial charge is 0.497 e. The summed E-state index contributed by atoms with van der Waals surface area (Å²) >= 11 is 0. The summed E-state index contributed by atoms with van der Waals surface area (Å²) in [5.41, 5.74) is 15.6. The van der Waals surface area contributed by atoms with Crippen molar-refractivity contribution in [3.63, 3.8) is 0 Å². The van der Waals surface area contributed by atoms with Crippen LogP contribution in [0.2, 0.25) is 0 Å². The lowest BCUT2D eigenvalue weighted by atomic mass is 9.89. The van der Waals surface area contributed by atoms with Crippen LogP contribution in [0.5, 0.6) is 5.75 Å². The number of hydrogen-bond acceptors (Lipinski definition) is 20. The van der Waals surface area contributed by atoms with Gasteiger partial charge in [-0.15, -0.1) is 0 Å². The van der Waals surface area contributed by atoms with Crippen LogP contribution in [0.25, 0.3) is 11.1 Å². The van der Waals surface area contributed by atoms with Gasteiger partial charge in [0.25, 0.3) is 0 Å². The third-order valence-corrected chi connectivity index (χ3v) is 19.8. The maximum absolute atomic E-state index is 15.6. The molecule has 0 saturated heterocycles. The summed E-state index contributed by atoms with van der Waals surface area (Å²) < 4.78 is 36.6. The number of nitrogens with two attached hydrogens (primary N) is 3. The molecule has 116 heavy (non-hydrogen) atoms. The molecule has 0 aliphatic heterocycles. The van der Waals surface area contributed by atoms with Gasteiger partial charge in [0.15, 0.2) is 0 Å². The van der Waals surface area contributed by atoms with Crippen molar-refractivity contribution in [2.24, 2.45) is 23.1 Å². The normalized spacial score (nSPS) is 15.1. The van der Waals surface area contributed by atoms with Gasteiger partial charge >= 0.3 is 5.97 Å². The summed E-state index contributed by atoms with van der Waals surface area (Å²) in [5.74, 6) is -17.0. The second-order valence-corrected chi connectivity index (χ2v) is 30.0. The second kappa shape index (κ2) is 44.5. The first kappa shape index (κ1) is 95.2. The van der Waals surface area contributed by atoms with Crippen molar-refractivity contribution >= 4 is 76.9 Å². The van der Waals surface area contributed by atoms with E-state index in [-0.39, 0.29) is 38.1 Å². The van der Waals surface area contributed by atoms with E-state index in [1.165, 1.54) is 13.3 Å². The molecule has 5 aromatic rings. The fourth-order valence-corrected chi connectivity index (χ4v) is 12.6. The zero-order valence-corrected chi connectivity index (χ0v) is 67.2. The predicted octanol–water partition coefficient (Wildman–Crippen LogP) is -0.310. The molecule has 0 bridgehead atoms. The van der Waals surface area contributed by atoms with E-state index < -0.39 is 204 Å². The van der Waals surface area contributed by atoms with Gasteiger partial charge in [-0.25, -0.2) is 13.8 Å². The highest BCUT2D eigenvalue weighted by molar-refractivity contribution is 6.01. The molecule has 5 rings (SSSR count). The quantitative estimate of drug-likeness (QED) is 0.0237. The van der Waals surface area contributed by atoms with Crippen molar-refractivity contribution in [3.05, 3.63) is 143 Å². The number of aromatic nitrogens is 2. The summed E-state index contributed by atoms with van der Waals surface area (Å²) in [6, 6.07) is 11.1. The van der Waals surface area contributed by atoms with E-state index in [9.17, 15) is 82.8 Å². The number of carboxylic acids is 1. The fourth-order valence-electron chi connectivity index (χ4n) is 12.6. The molecule has 1 heterocycles. The molecule has 12 amide bonds. The average molecular weight is 1620 g/mol. The molecule has 34 nitrogen and oxygen atoms in total. The van der Waals surface area contributed by atoms with Crippen molar-refractivity contribution in [1.82, 2.24) is 68.0 Å². The van der Waals surface area contributed by atoms with Gasteiger partial charge in [0.2, 0.25) is 70.9 Å². The van der Waals surface area contributed by atoms with Crippen LogP contribution in [-0.4, -0.2) is 223 Å². The molecule has 634 valence electrons. The summed E-state index contributed by atoms with van der Waals surface area (Å²) in [4.78, 5) is 189. The highest BCUT2D eigenvalue weighted by Gasteiger charge is 2.45. The number of amides is 12. The number of aliphatic hydroxyl groups is 3. The lowest BCUT2D eigenvalue weighted by Crippen LogP contribution is -2.67. The monoisotopic (exact) mass is 1620 g/mol. The first-order valence-electron chi connectivity index (χ1n) is 38.1. The molecule has 0 radical (unpaired) electrons. The number of nitrogens with one attached hydrogen (secondary N) is 11. The Hall–Kier alpha value is -11.3. The number of primary amides is 2. The number of hydrogen-bond donors (Lipinski definition) is 18. The summed E-state index contributed by atoms with van der Waals surface area (Å²) in [5, 5.41) is 66.7. The molecule has 36 heteroatoms. The molecule has 4 aromatic carbocycles. The summed E-state index contributed by atoms with van der Waals surface area (Å²) in [6.07, 6.45) is -1.94. The zero-order chi connectivity index (χ0) is 86.5. The highest BCUT2D eigenvalue weighted by atomic mass is 19.1. The maximum atomic E-state index is 15.6. The fraction of sp³-hybridized carbons (Fsp3) is 0.500. The summed E-state index contributed by atoms with van der Waals surface area (Å²) in [6.45, 7) is 12.9. The Morgan fingerprint density at radius 1 is 0.647 bits per heavy atom. The van der Waals surface area contributed by atoms with Crippen LogP contribution in [-0.2, 0) is 94.4 Å². The van der Waals surface area contributed by atoms with Crippen LogP contribution in [0.3, 0.4) is 0 Å². The van der Waals surface area contributed by atoms with Crippen molar-refractivity contribution < 1.29 is 96.3 Å². The van der Waals surface area contributed by atoms with Crippen LogP contribution in [0.15, 0.2) is 104 Å². The van der Waals surface area contributed by atoms with Gasteiger partial charge < -0.3 is 101 Å². The Labute approximate surface area is 671 Å². The van der Waals surface area contributed by atoms with Gasteiger partial charge in [-0.1, -0.05) is 94.4 Å². The van der Waals surface area contributed by atoms with Gasteiger partial charge in [-0.3, -0.25) is 67.2 Å². The maximum Gasteiger partial charge on any atom is 0.305 e. The third-order valence-electron chi connectivity index (χ3n) is 19.8. The SMILES string of the molecule is CCCN(C[C@H](Cc1cnc[nH]1)NC(=O)C(N)C(C)C)C(C)(C)C(=O)N[C@@H](CCC(N)=O)C(=O)NCC(=O)N[C@H](C(=O)N[C@@](C)(Cc1c(F)cccc1F)C(=O)N[C@H](C(=O)N[C@@H](CO)C(=O)N[C@@H](CC(=O)O)C(=O)N[C@@H](Cc1ccc(-c2ccc(OC)cc2CC)cc1)C(=O)N[C@@](C)(CCCc1ccccc1)C(N)=O)[C@@H](C)O)[C@@H](C)O. The van der Waals surface area contributed by atoms with E-state index in [0.29, 0.717) is 49.2 Å². The summed E-state index contributed by atoms with van der Waals surface area (Å²) in [7, 11) is 1.54. The standard InChI is InChI=1S/C80H112F2N16O18/c1-12-33-98(41-52(36-51-39-86-43-88-51)89-72(110)65(84)44(3)4)78(7,8)76(114)93-58(30-31-62(83)102)68(106)87-40-63(103)94-67(46(6)101)74(112)97-80(10,38-55-56(81)22-17-23-57(55)82)77(115)95-66(45(5)100)73(111)92-61(42-99)70(108)91-60(37-64(104)105)69(107)90-59(71(109)96-79(9,75(85)113)32-18-21-47-19-15-14-16-20-47)34-48-24-26-50(27-25-48)54-29-28-53(116-11)35-49(54)13-2/h14-17,19-20,22-29,35,39,43-46,52,58-61,65-67,99-101H,12-13,18,21,30-34,36-38,40-42,84H2,1-11H3,(H2,83,102)(H2,85,113)(H,86,88)(H,87,106)(H,89,110)(H,90,107)(H,91,108)(H,92,111)(H,93,114)(H,94,103)(H,95,115)(H,96,109)(H,97,112)(H,104,105)/t45-,46-,52+,58+,59+,60+,61+,65?,66+,67+,79+,80+/m1/s1. The number of carbonyl (C=O) groups excluding carboxylic acids is 12. The van der Waals surface area contributed by atoms with Crippen LogP contribution in [0.1, 0.15) is 136 Å². The number of methoxy groups -OCH3 is 1. The van der Waals surface area contributed by atoms with Gasteiger partial charge in [-0.05, 0) is 145 Å². The second-order valence-electron chi connectivity index (χ2n) is 30.0. The lowest BCUT2D eigenvalue weighted by Gasteiger charge is -2.40. The molecular weight excluding hydrogens is 1510 g/mol. The van der Waals surface area contributed by atoms with Crippen molar-refractivity contribution in [3.8, 4) is 16.9 Å². The van der Waals surface area contributed by atoms with Gasteiger partial charge in [0, 0.05) is 55.7 Å². The van der Waals surface area contributed by atoms with E-state index in [1.807, 2.05) is 56.3 Å². The molecule has 0 fully saturated rings. The molecule has 0 saturated carbocycles. The number of nitrogens with zero attached hydrogens (tertiary/aromatic N) is 2. The number of imidazole rings is 1. The number of carboxylic acid groups (broad SMARTS) is 1. The minimum Gasteiger partial charge on any atom is -0.497 e. The first-order valence-corrected chi connectivity index (χ1v) is 38.1. The Morgan fingerprint density at radius 3 is 1.82 bits per heavy atom. The Balaban J connectivity index is 1.36. The number of H-pyrrole nitrogens is 1. The van der Waals surface area contributed by atoms with E-state index in [2.05, 4.69) is 63.1 Å². The molecule has 21 N–H and O–H groups in total. The van der Waals surface area contributed by atoms with Crippen molar-refractivity contribution in [2.75, 3.05) is 33.4 Å². The number of rotatable bonds is 48. The number of aliphatic hydroxyl groups excluding tert-OH is 3.